The highest BCUT2D eigenvalue weighted by atomic mass is 32.1. The maximum atomic E-state index is 4.68. The third-order valence-corrected chi connectivity index (χ3v) is 5.57. The van der Waals surface area contributed by atoms with Crippen molar-refractivity contribution in [1.29, 1.82) is 0 Å². The summed E-state index contributed by atoms with van der Waals surface area (Å²) in [7, 11) is 0. The normalized spacial score (nSPS) is 16.7. The highest BCUT2D eigenvalue weighted by molar-refractivity contribution is 7.15. The van der Waals surface area contributed by atoms with Crippen molar-refractivity contribution in [3.8, 4) is 10.4 Å². The Bertz CT molecular complexity index is 765. The molecule has 0 spiro atoms. The van der Waals surface area contributed by atoms with Gasteiger partial charge in [-0.15, -0.1) is 11.3 Å². The zero-order valence-electron chi connectivity index (χ0n) is 12.3. The Balaban J connectivity index is 1.62. The Labute approximate surface area is 128 Å². The molecule has 4 rings (SSSR count). The van der Waals surface area contributed by atoms with Crippen molar-refractivity contribution >= 4 is 22.2 Å². The van der Waals surface area contributed by atoms with E-state index in [2.05, 4.69) is 53.0 Å². The molecule has 108 valence electrons. The highest BCUT2D eigenvalue weighted by Gasteiger charge is 2.31. The van der Waals surface area contributed by atoms with E-state index in [0.717, 1.165) is 13.1 Å². The van der Waals surface area contributed by atoms with Gasteiger partial charge in [0.15, 0.2) is 0 Å². The van der Waals surface area contributed by atoms with Crippen LogP contribution in [0.25, 0.3) is 21.3 Å². The number of fused-ring (bicyclic) bond motifs is 1. The first-order valence-corrected chi connectivity index (χ1v) is 8.30. The van der Waals surface area contributed by atoms with Crippen molar-refractivity contribution in [1.82, 2.24) is 14.9 Å². The average molecular weight is 297 g/mol. The molecular formula is C17H19N3S. The first kappa shape index (κ1) is 13.0. The minimum atomic E-state index is 0.622. The molecule has 0 aliphatic carbocycles. The van der Waals surface area contributed by atoms with Crippen LogP contribution in [0.15, 0.2) is 36.7 Å². The van der Waals surface area contributed by atoms with E-state index in [4.69, 9.17) is 0 Å². The Hall–Kier alpha value is -1.65. The fraction of sp³-hybridized carbons (Fsp3) is 0.353. The van der Waals surface area contributed by atoms with Crippen molar-refractivity contribution in [3.05, 3.63) is 41.7 Å². The third-order valence-electron chi connectivity index (χ3n) is 4.37. The van der Waals surface area contributed by atoms with E-state index < -0.39 is 0 Å². The van der Waals surface area contributed by atoms with E-state index in [1.807, 2.05) is 23.7 Å². The quantitative estimate of drug-likeness (QED) is 0.789. The number of benzene rings is 1. The lowest BCUT2D eigenvalue weighted by atomic mass is 9.99. The zero-order chi connectivity index (χ0) is 14.4. The number of aromatic nitrogens is 2. The van der Waals surface area contributed by atoms with E-state index in [1.54, 1.807) is 0 Å². The summed E-state index contributed by atoms with van der Waals surface area (Å²) < 4.78 is 0. The molecule has 21 heavy (non-hydrogen) atoms. The Morgan fingerprint density at radius 2 is 2.14 bits per heavy atom. The van der Waals surface area contributed by atoms with Crippen molar-refractivity contribution in [3.63, 3.8) is 0 Å². The maximum Gasteiger partial charge on any atom is 0.0987 e. The fourth-order valence-electron chi connectivity index (χ4n) is 2.99. The van der Waals surface area contributed by atoms with Crippen LogP contribution >= 0.6 is 11.3 Å². The van der Waals surface area contributed by atoms with Crippen LogP contribution in [0.5, 0.6) is 0 Å². The number of hydrogen-bond acceptors (Lipinski definition) is 3. The molecule has 1 aliphatic heterocycles. The number of hydrogen-bond donors (Lipinski definition) is 1. The lowest BCUT2D eigenvalue weighted by Crippen LogP contribution is -2.48. The first-order valence-electron chi connectivity index (χ1n) is 7.48. The van der Waals surface area contributed by atoms with Crippen LogP contribution < -0.4 is 0 Å². The smallest absolute Gasteiger partial charge is 0.0987 e. The second-order valence-electron chi connectivity index (χ2n) is 6.05. The van der Waals surface area contributed by atoms with Crippen molar-refractivity contribution in [2.24, 2.45) is 0 Å². The van der Waals surface area contributed by atoms with Crippen LogP contribution in [0.4, 0.5) is 0 Å². The minimum absolute atomic E-state index is 0.622. The molecule has 3 nitrogen and oxygen atoms in total. The summed E-state index contributed by atoms with van der Waals surface area (Å²) in [6.07, 6.45) is 4.04. The summed E-state index contributed by atoms with van der Waals surface area (Å²) in [5, 5.41) is 2.57. The number of nitrogens with zero attached hydrogens (tertiary/aromatic N) is 2. The van der Waals surface area contributed by atoms with E-state index in [1.165, 1.54) is 26.4 Å². The first-order chi connectivity index (χ1) is 10.2. The second-order valence-corrected chi connectivity index (χ2v) is 7.11. The average Bonchev–Trinajstić information content (AvgIpc) is 3.04. The molecule has 0 saturated carbocycles. The van der Waals surface area contributed by atoms with Crippen LogP contribution in [0, 0.1) is 0 Å². The summed E-state index contributed by atoms with van der Waals surface area (Å²) in [6.45, 7) is 6.82. The number of aromatic amines is 1. The lowest BCUT2D eigenvalue weighted by molar-refractivity contribution is 0.110. The van der Waals surface area contributed by atoms with Crippen LogP contribution in [-0.4, -0.2) is 34.0 Å². The number of H-pyrrole nitrogens is 1. The van der Waals surface area contributed by atoms with Gasteiger partial charge in [-0.1, -0.05) is 12.1 Å². The molecular weight excluding hydrogens is 278 g/mol. The molecule has 1 N–H and O–H groups in total. The third kappa shape index (κ3) is 2.19. The van der Waals surface area contributed by atoms with Gasteiger partial charge in [-0.3, -0.25) is 4.90 Å². The Kier molecular flexibility index (Phi) is 3.08. The molecule has 4 heteroatoms. The van der Waals surface area contributed by atoms with Gasteiger partial charge in [-0.25, -0.2) is 4.98 Å². The van der Waals surface area contributed by atoms with Gasteiger partial charge in [0.25, 0.3) is 0 Å². The summed E-state index contributed by atoms with van der Waals surface area (Å²) >= 11 is 1.85. The molecule has 0 unspecified atom stereocenters. The molecule has 3 heterocycles. The molecule has 1 aliphatic rings. The van der Waals surface area contributed by atoms with Gasteiger partial charge in [0.2, 0.25) is 0 Å². The van der Waals surface area contributed by atoms with Gasteiger partial charge in [-0.05, 0) is 26.0 Å². The van der Waals surface area contributed by atoms with Crippen LogP contribution in [0.3, 0.4) is 0 Å². The lowest BCUT2D eigenvalue weighted by Gasteiger charge is -2.41. The van der Waals surface area contributed by atoms with Crippen LogP contribution in [0.1, 0.15) is 24.8 Å². The fourth-order valence-corrected chi connectivity index (χ4v) is 4.03. The maximum absolute atomic E-state index is 4.68. The molecule has 0 bridgehead atoms. The standard InChI is InChI=1S/C17H19N3S/c1-11(2)20-9-12(10-20)17-19-8-16(21-17)14-4-3-5-15-13(14)6-7-18-15/h3-8,11-12,18H,9-10H2,1-2H3. The van der Waals surface area contributed by atoms with Crippen molar-refractivity contribution in [2.45, 2.75) is 25.8 Å². The Morgan fingerprint density at radius 3 is 2.95 bits per heavy atom. The Morgan fingerprint density at radius 1 is 1.29 bits per heavy atom. The molecule has 1 fully saturated rings. The van der Waals surface area contributed by atoms with Crippen molar-refractivity contribution < 1.29 is 0 Å². The van der Waals surface area contributed by atoms with Gasteiger partial charge in [0, 0.05) is 53.9 Å². The van der Waals surface area contributed by atoms with Crippen molar-refractivity contribution in [2.75, 3.05) is 13.1 Å². The van der Waals surface area contributed by atoms with E-state index in [9.17, 15) is 0 Å². The molecule has 1 saturated heterocycles. The predicted molar refractivity (Wildman–Crippen MR) is 88.9 cm³/mol. The van der Waals surface area contributed by atoms with Gasteiger partial charge in [0.1, 0.15) is 0 Å². The van der Waals surface area contributed by atoms with Crippen LogP contribution in [0.2, 0.25) is 0 Å². The van der Waals surface area contributed by atoms with E-state index in [-0.39, 0.29) is 0 Å². The predicted octanol–water partition coefficient (Wildman–Crippen LogP) is 4.10. The summed E-state index contributed by atoms with van der Waals surface area (Å²) in [5.74, 6) is 0.622. The SMILES string of the molecule is CC(C)N1CC(c2ncc(-c3cccc4[nH]ccc34)s2)C1. The highest BCUT2D eigenvalue weighted by Crippen LogP contribution is 2.37. The molecule has 0 radical (unpaired) electrons. The number of rotatable bonds is 3. The molecule has 0 atom stereocenters. The largest absolute Gasteiger partial charge is 0.361 e. The second kappa shape index (κ2) is 4.97. The minimum Gasteiger partial charge on any atom is -0.361 e. The number of nitrogens with one attached hydrogen (secondary N) is 1. The van der Waals surface area contributed by atoms with Gasteiger partial charge in [0.05, 0.1) is 9.88 Å². The summed E-state index contributed by atoms with van der Waals surface area (Å²) in [5.41, 5.74) is 2.48. The van der Waals surface area contributed by atoms with E-state index >= 15 is 0 Å². The van der Waals surface area contributed by atoms with E-state index in [0.29, 0.717) is 12.0 Å². The number of thiazole rings is 1. The zero-order valence-corrected chi connectivity index (χ0v) is 13.2. The summed E-state index contributed by atoms with van der Waals surface area (Å²) in [6, 6.07) is 9.21. The number of likely N-dealkylation sites (tertiary alicyclic amines) is 1. The summed E-state index contributed by atoms with van der Waals surface area (Å²) in [4.78, 5) is 11.7. The van der Waals surface area contributed by atoms with Gasteiger partial charge < -0.3 is 4.98 Å². The molecule has 0 amide bonds. The topological polar surface area (TPSA) is 31.9 Å². The van der Waals surface area contributed by atoms with Gasteiger partial charge >= 0.3 is 0 Å². The molecule has 1 aromatic carbocycles. The van der Waals surface area contributed by atoms with Gasteiger partial charge in [-0.2, -0.15) is 0 Å². The monoisotopic (exact) mass is 297 g/mol. The van der Waals surface area contributed by atoms with Crippen LogP contribution in [-0.2, 0) is 0 Å². The molecule has 3 aromatic rings. The molecule has 2 aromatic heterocycles.